The van der Waals surface area contributed by atoms with Crippen LogP contribution in [0, 0.1) is 0 Å². The highest BCUT2D eigenvalue weighted by atomic mass is 19.4. The van der Waals surface area contributed by atoms with Gasteiger partial charge >= 0.3 is 18.2 Å². The Bertz CT molecular complexity index is 1390. The smallest absolute Gasteiger partial charge is 0.419 e. The lowest BCUT2D eigenvalue weighted by molar-refractivity contribution is -0.140. The Kier molecular flexibility index (Phi) is 9.31. The normalized spacial score (nSPS) is 14.0. The van der Waals surface area contributed by atoms with Crippen molar-refractivity contribution in [3.05, 3.63) is 76.6 Å². The number of halogens is 3. The number of aromatic nitrogens is 2. The molecule has 0 atom stereocenters. The molecule has 1 fully saturated rings. The highest BCUT2D eigenvalue weighted by Gasteiger charge is 2.35. The number of methoxy groups -OCH3 is 2. The van der Waals surface area contributed by atoms with Crippen LogP contribution in [0.5, 0.6) is 5.75 Å². The summed E-state index contributed by atoms with van der Waals surface area (Å²) >= 11 is 0. The number of hydrogen-bond donors (Lipinski definition) is 2. The van der Waals surface area contributed by atoms with Crippen molar-refractivity contribution < 1.29 is 37.3 Å². The molecule has 2 heterocycles. The highest BCUT2D eigenvalue weighted by Crippen LogP contribution is 2.36. The van der Waals surface area contributed by atoms with Gasteiger partial charge in [0.05, 0.1) is 37.6 Å². The standard InChI is InChI=1S/C29H31F3N4O5/c1-40-25-15-21(19-11-13-36(14-12-19)28(38)39)8-10-24(25)35-27-33-17-22(29(30,31)32)23(34-27)9-7-18-5-3-4-6-20(18)16-26(37)41-2/h3-6,8,10,15,17,19H,7,9,11-14,16H2,1-2H3,(H,38,39)(H,33,34,35). The van der Waals surface area contributed by atoms with Crippen LogP contribution in [0.1, 0.15) is 46.7 Å². The lowest BCUT2D eigenvalue weighted by Gasteiger charge is -2.30. The van der Waals surface area contributed by atoms with E-state index >= 15 is 0 Å². The van der Waals surface area contributed by atoms with E-state index in [1.165, 1.54) is 19.1 Å². The summed E-state index contributed by atoms with van der Waals surface area (Å²) in [6, 6.07) is 12.5. The van der Waals surface area contributed by atoms with Crippen molar-refractivity contribution in [2.45, 2.75) is 44.2 Å². The minimum atomic E-state index is -4.64. The van der Waals surface area contributed by atoms with Crippen LogP contribution in [-0.4, -0.2) is 59.3 Å². The molecule has 0 unspecified atom stereocenters. The van der Waals surface area contributed by atoms with E-state index in [0.717, 1.165) is 17.3 Å². The average Bonchev–Trinajstić information content (AvgIpc) is 2.96. The third-order valence-corrected chi connectivity index (χ3v) is 7.19. The summed E-state index contributed by atoms with van der Waals surface area (Å²) in [5, 5.41) is 12.2. The van der Waals surface area contributed by atoms with Crippen molar-refractivity contribution in [2.24, 2.45) is 0 Å². The van der Waals surface area contributed by atoms with Crippen molar-refractivity contribution in [3.8, 4) is 5.75 Å². The Balaban J connectivity index is 1.54. The Morgan fingerprint density at radius 2 is 1.78 bits per heavy atom. The maximum atomic E-state index is 13.8. The Hall–Kier alpha value is -4.35. The number of anilines is 2. The lowest BCUT2D eigenvalue weighted by atomic mass is 9.89. The van der Waals surface area contributed by atoms with Gasteiger partial charge in [-0.15, -0.1) is 0 Å². The van der Waals surface area contributed by atoms with Crippen molar-refractivity contribution in [2.75, 3.05) is 32.6 Å². The van der Waals surface area contributed by atoms with E-state index in [2.05, 4.69) is 15.3 Å². The third kappa shape index (κ3) is 7.44. The van der Waals surface area contributed by atoms with Crippen molar-refractivity contribution in [1.29, 1.82) is 0 Å². The maximum absolute atomic E-state index is 13.8. The molecule has 2 N–H and O–H groups in total. The van der Waals surface area contributed by atoms with Crippen LogP contribution in [0.25, 0.3) is 0 Å². The largest absolute Gasteiger partial charge is 0.495 e. The summed E-state index contributed by atoms with van der Waals surface area (Å²) in [7, 11) is 2.77. The molecule has 218 valence electrons. The van der Waals surface area contributed by atoms with Gasteiger partial charge in [-0.1, -0.05) is 30.3 Å². The number of esters is 1. The first-order valence-corrected chi connectivity index (χ1v) is 13.1. The molecule has 1 aliphatic rings. The molecule has 1 amide bonds. The number of ether oxygens (including phenoxy) is 2. The van der Waals surface area contributed by atoms with Crippen LogP contribution in [0.4, 0.5) is 29.6 Å². The van der Waals surface area contributed by atoms with Gasteiger partial charge in [-0.2, -0.15) is 13.2 Å². The molecular formula is C29H31F3N4O5. The number of hydrogen-bond acceptors (Lipinski definition) is 7. The molecule has 41 heavy (non-hydrogen) atoms. The Morgan fingerprint density at radius 3 is 2.41 bits per heavy atom. The van der Waals surface area contributed by atoms with Gasteiger partial charge in [0, 0.05) is 19.3 Å². The van der Waals surface area contributed by atoms with E-state index in [4.69, 9.17) is 9.47 Å². The van der Waals surface area contributed by atoms with Gasteiger partial charge in [-0.05, 0) is 60.4 Å². The maximum Gasteiger partial charge on any atom is 0.419 e. The molecule has 1 saturated heterocycles. The zero-order valence-electron chi connectivity index (χ0n) is 22.7. The van der Waals surface area contributed by atoms with E-state index in [1.54, 1.807) is 30.3 Å². The molecule has 9 nitrogen and oxygen atoms in total. The van der Waals surface area contributed by atoms with E-state index in [9.17, 15) is 27.9 Å². The molecule has 12 heteroatoms. The van der Waals surface area contributed by atoms with E-state index in [-0.39, 0.29) is 36.8 Å². The van der Waals surface area contributed by atoms with E-state index in [0.29, 0.717) is 42.9 Å². The second-order valence-corrected chi connectivity index (χ2v) is 9.70. The van der Waals surface area contributed by atoms with Crippen molar-refractivity contribution >= 4 is 23.7 Å². The molecular weight excluding hydrogens is 541 g/mol. The predicted octanol–water partition coefficient (Wildman–Crippen LogP) is 5.61. The van der Waals surface area contributed by atoms with Gasteiger partial charge in [0.25, 0.3) is 0 Å². The van der Waals surface area contributed by atoms with Gasteiger partial charge in [0.1, 0.15) is 5.75 Å². The summed E-state index contributed by atoms with van der Waals surface area (Å²) in [6.07, 6.45) is -3.24. The molecule has 1 aromatic heterocycles. The van der Waals surface area contributed by atoms with Crippen LogP contribution in [-0.2, 0) is 35.0 Å². The fourth-order valence-electron chi connectivity index (χ4n) is 4.95. The third-order valence-electron chi connectivity index (χ3n) is 7.19. The van der Waals surface area contributed by atoms with Crippen LogP contribution < -0.4 is 10.1 Å². The van der Waals surface area contributed by atoms with Gasteiger partial charge in [0.2, 0.25) is 5.95 Å². The summed E-state index contributed by atoms with van der Waals surface area (Å²) < 4.78 is 51.7. The number of carbonyl (C=O) groups excluding carboxylic acids is 1. The number of rotatable bonds is 9. The number of nitrogens with one attached hydrogen (secondary N) is 1. The Labute approximate surface area is 235 Å². The fourth-order valence-corrected chi connectivity index (χ4v) is 4.95. The van der Waals surface area contributed by atoms with Crippen LogP contribution in [0.3, 0.4) is 0 Å². The first kappa shape index (κ1) is 29.6. The summed E-state index contributed by atoms with van der Waals surface area (Å²) in [5.74, 6) is 0.166. The molecule has 0 spiro atoms. The van der Waals surface area contributed by atoms with Crippen molar-refractivity contribution in [3.63, 3.8) is 0 Å². The number of carboxylic acid groups (broad SMARTS) is 1. The molecule has 0 aliphatic carbocycles. The van der Waals surface area contributed by atoms with Gasteiger partial charge in [-0.3, -0.25) is 4.79 Å². The molecule has 3 aromatic rings. The predicted molar refractivity (Wildman–Crippen MR) is 144 cm³/mol. The molecule has 4 rings (SSSR count). The second-order valence-electron chi connectivity index (χ2n) is 9.70. The van der Waals surface area contributed by atoms with Crippen LogP contribution in [0.15, 0.2) is 48.7 Å². The average molecular weight is 573 g/mol. The molecule has 0 bridgehead atoms. The van der Waals surface area contributed by atoms with Crippen LogP contribution in [0.2, 0.25) is 0 Å². The number of likely N-dealkylation sites (tertiary alicyclic amines) is 1. The molecule has 0 radical (unpaired) electrons. The van der Waals surface area contributed by atoms with E-state index in [1.807, 2.05) is 12.1 Å². The second kappa shape index (κ2) is 12.9. The minimum Gasteiger partial charge on any atom is -0.495 e. The quantitative estimate of drug-likeness (QED) is 0.319. The van der Waals surface area contributed by atoms with Crippen LogP contribution >= 0.6 is 0 Å². The lowest BCUT2D eigenvalue weighted by Crippen LogP contribution is -2.36. The van der Waals surface area contributed by atoms with Crippen molar-refractivity contribution in [1.82, 2.24) is 14.9 Å². The number of benzene rings is 2. The number of amides is 1. The zero-order chi connectivity index (χ0) is 29.6. The SMILES string of the molecule is COC(=O)Cc1ccccc1CCc1nc(Nc2ccc(C3CCN(C(=O)O)CC3)cc2OC)ncc1C(F)(F)F. The highest BCUT2D eigenvalue weighted by molar-refractivity contribution is 5.73. The number of aryl methyl sites for hydroxylation is 2. The number of alkyl halides is 3. The fraction of sp³-hybridized carbons (Fsp3) is 0.379. The number of piperidine rings is 1. The topological polar surface area (TPSA) is 114 Å². The first-order chi connectivity index (χ1) is 19.6. The minimum absolute atomic E-state index is 0.0170. The number of carbonyl (C=O) groups is 2. The first-order valence-electron chi connectivity index (χ1n) is 13.1. The summed E-state index contributed by atoms with van der Waals surface area (Å²) in [6.45, 7) is 0.884. The molecule has 0 saturated carbocycles. The van der Waals surface area contributed by atoms with E-state index < -0.39 is 23.8 Å². The number of nitrogens with zero attached hydrogens (tertiary/aromatic N) is 3. The molecule has 2 aromatic carbocycles. The summed E-state index contributed by atoms with van der Waals surface area (Å²) in [4.78, 5) is 32.5. The zero-order valence-corrected chi connectivity index (χ0v) is 22.7. The Morgan fingerprint density at radius 1 is 1.07 bits per heavy atom. The molecule has 1 aliphatic heterocycles. The monoisotopic (exact) mass is 572 g/mol. The van der Waals surface area contributed by atoms with Gasteiger partial charge in [-0.25, -0.2) is 14.8 Å². The van der Waals surface area contributed by atoms with Gasteiger partial charge < -0.3 is 24.8 Å². The van der Waals surface area contributed by atoms with Gasteiger partial charge in [0.15, 0.2) is 0 Å². The summed E-state index contributed by atoms with van der Waals surface area (Å²) in [5.41, 5.74) is 1.77.